The van der Waals surface area contributed by atoms with Crippen LogP contribution in [0.25, 0.3) is 0 Å². The Labute approximate surface area is 202 Å². The van der Waals surface area contributed by atoms with Gasteiger partial charge in [0.2, 0.25) is 11.8 Å². The molecule has 0 saturated carbocycles. The molecule has 1 atom stereocenters. The maximum Gasteiger partial charge on any atom is 0.229 e. The summed E-state index contributed by atoms with van der Waals surface area (Å²) in [6, 6.07) is 9.82. The molecule has 2 saturated heterocycles. The number of nitrogens with zero attached hydrogens (tertiary/aromatic N) is 3. The first-order chi connectivity index (χ1) is 14.6. The monoisotopic (exact) mass is 542 g/mol. The average molecular weight is 542 g/mol. The molecule has 8 nitrogen and oxygen atoms in total. The fraction of sp³-hybridized carbons (Fsp3) is 0.591. The van der Waals surface area contributed by atoms with E-state index in [-0.39, 0.29) is 47.8 Å². The number of hydrogen-bond acceptors (Lipinski definition) is 4. The highest BCUT2D eigenvalue weighted by molar-refractivity contribution is 14.0. The summed E-state index contributed by atoms with van der Waals surface area (Å²) in [5.74, 6) is 0.769. The van der Waals surface area contributed by atoms with Gasteiger partial charge in [-0.15, -0.1) is 24.0 Å². The molecular formula is C22H35IN6O2. The first-order valence-electron chi connectivity index (χ1n) is 10.9. The molecule has 1 aromatic rings. The Kier molecular flexibility index (Phi) is 10.5. The minimum Gasteiger partial charge on any atom is -0.369 e. The van der Waals surface area contributed by atoms with Crippen molar-refractivity contribution in [1.29, 1.82) is 0 Å². The minimum atomic E-state index is -0.159. The van der Waals surface area contributed by atoms with Gasteiger partial charge >= 0.3 is 0 Å². The Morgan fingerprint density at radius 3 is 2.55 bits per heavy atom. The predicted molar refractivity (Wildman–Crippen MR) is 135 cm³/mol. The van der Waals surface area contributed by atoms with Gasteiger partial charge in [0, 0.05) is 38.2 Å². The number of piperidine rings is 1. The maximum atomic E-state index is 12.4. The molecule has 1 unspecified atom stereocenters. The molecular weight excluding hydrogens is 507 g/mol. The zero-order valence-electron chi connectivity index (χ0n) is 18.3. The molecule has 0 aromatic heterocycles. The molecule has 2 aliphatic rings. The molecule has 172 valence electrons. The lowest BCUT2D eigenvalue weighted by atomic mass is 9.96. The van der Waals surface area contributed by atoms with Gasteiger partial charge in [0.1, 0.15) is 0 Å². The summed E-state index contributed by atoms with van der Waals surface area (Å²) in [6.45, 7) is 4.43. The van der Waals surface area contributed by atoms with Gasteiger partial charge in [-0.3, -0.25) is 14.6 Å². The maximum absolute atomic E-state index is 12.4. The molecule has 2 aliphatic heterocycles. The molecule has 9 heteroatoms. The van der Waals surface area contributed by atoms with Gasteiger partial charge in [-0.05, 0) is 57.5 Å². The third kappa shape index (κ3) is 7.64. The number of unbranched alkanes of at least 4 members (excludes halogenated alkanes) is 1. The van der Waals surface area contributed by atoms with Crippen LogP contribution < -0.4 is 21.3 Å². The molecule has 0 bridgehead atoms. The Hall–Kier alpha value is -1.88. The number of amides is 2. The van der Waals surface area contributed by atoms with Crippen molar-refractivity contribution < 1.29 is 9.59 Å². The van der Waals surface area contributed by atoms with Gasteiger partial charge < -0.3 is 26.2 Å². The number of benzene rings is 1. The van der Waals surface area contributed by atoms with E-state index in [9.17, 15) is 9.59 Å². The van der Waals surface area contributed by atoms with E-state index in [1.54, 1.807) is 7.05 Å². The lowest BCUT2D eigenvalue weighted by Crippen LogP contribution is -2.45. The van der Waals surface area contributed by atoms with Gasteiger partial charge in [0.15, 0.2) is 5.96 Å². The number of likely N-dealkylation sites (tertiary alicyclic amines) is 1. The molecule has 2 amide bonds. The van der Waals surface area contributed by atoms with Gasteiger partial charge in [0.25, 0.3) is 0 Å². The van der Waals surface area contributed by atoms with Crippen LogP contribution in [-0.4, -0.2) is 68.5 Å². The molecule has 31 heavy (non-hydrogen) atoms. The van der Waals surface area contributed by atoms with Crippen molar-refractivity contribution >= 4 is 47.4 Å². The molecule has 1 aromatic carbocycles. The highest BCUT2D eigenvalue weighted by Gasteiger charge is 2.31. The molecule has 0 aliphatic carbocycles. The highest BCUT2D eigenvalue weighted by atomic mass is 127. The summed E-state index contributed by atoms with van der Waals surface area (Å²) in [6.07, 6.45) is 4.36. The summed E-state index contributed by atoms with van der Waals surface area (Å²) >= 11 is 0. The number of nitrogens with one attached hydrogen (secondary N) is 2. The minimum absolute atomic E-state index is 0. The number of guanidine groups is 1. The van der Waals surface area contributed by atoms with Crippen molar-refractivity contribution in [3.63, 3.8) is 0 Å². The number of rotatable bonds is 8. The zero-order chi connectivity index (χ0) is 21.3. The van der Waals surface area contributed by atoms with Crippen LogP contribution in [0.1, 0.15) is 32.1 Å². The van der Waals surface area contributed by atoms with Crippen molar-refractivity contribution in [2.45, 2.75) is 38.1 Å². The smallest absolute Gasteiger partial charge is 0.229 e. The number of para-hydroxylation sites is 1. The van der Waals surface area contributed by atoms with Crippen molar-refractivity contribution in [1.82, 2.24) is 15.5 Å². The number of halogens is 1. The van der Waals surface area contributed by atoms with E-state index in [0.717, 1.165) is 63.5 Å². The van der Waals surface area contributed by atoms with E-state index in [0.29, 0.717) is 13.0 Å². The number of nitrogens with two attached hydrogens (primary N) is 1. The second kappa shape index (κ2) is 12.8. The van der Waals surface area contributed by atoms with E-state index in [2.05, 4.69) is 20.5 Å². The predicted octanol–water partition coefficient (Wildman–Crippen LogP) is 1.55. The van der Waals surface area contributed by atoms with Gasteiger partial charge in [-0.2, -0.15) is 0 Å². The van der Waals surface area contributed by atoms with Crippen LogP contribution in [-0.2, 0) is 9.59 Å². The topological polar surface area (TPSA) is 103 Å². The summed E-state index contributed by atoms with van der Waals surface area (Å²) in [7, 11) is 1.75. The number of carbonyl (C=O) groups excluding carboxylic acids is 2. The average Bonchev–Trinajstić information content (AvgIpc) is 3.13. The highest BCUT2D eigenvalue weighted by Crippen LogP contribution is 2.21. The number of primary amides is 1. The first-order valence-corrected chi connectivity index (χ1v) is 10.9. The normalized spacial score (nSPS) is 20.4. The summed E-state index contributed by atoms with van der Waals surface area (Å²) in [5.41, 5.74) is 6.33. The zero-order valence-corrected chi connectivity index (χ0v) is 20.6. The van der Waals surface area contributed by atoms with Crippen molar-refractivity contribution in [2.75, 3.05) is 44.7 Å². The Morgan fingerprint density at radius 2 is 1.90 bits per heavy atom. The summed E-state index contributed by atoms with van der Waals surface area (Å²) in [4.78, 5) is 32.1. The number of aliphatic imine (C=N–C) groups is 1. The number of hydrogen-bond donors (Lipinski definition) is 3. The van der Waals surface area contributed by atoms with E-state index in [1.807, 2.05) is 35.2 Å². The largest absolute Gasteiger partial charge is 0.369 e. The first kappa shape index (κ1) is 25.4. The van der Waals surface area contributed by atoms with Crippen LogP contribution in [0, 0.1) is 5.92 Å². The van der Waals surface area contributed by atoms with E-state index in [1.165, 1.54) is 0 Å². The molecule has 2 heterocycles. The lowest BCUT2D eigenvalue weighted by Gasteiger charge is -2.30. The molecule has 0 radical (unpaired) electrons. The molecule has 3 rings (SSSR count). The fourth-order valence-corrected chi connectivity index (χ4v) is 4.16. The van der Waals surface area contributed by atoms with E-state index >= 15 is 0 Å². The van der Waals surface area contributed by atoms with E-state index in [4.69, 9.17) is 5.73 Å². The van der Waals surface area contributed by atoms with Gasteiger partial charge in [-0.1, -0.05) is 18.2 Å². The Balaban J connectivity index is 0.00000341. The van der Waals surface area contributed by atoms with Crippen LogP contribution >= 0.6 is 24.0 Å². The lowest BCUT2D eigenvalue weighted by molar-refractivity contribution is -0.123. The molecule has 4 N–H and O–H groups in total. The standard InChI is InChI=1S/C22H34N6O2.HI/c1-24-22(25-11-5-6-12-27-13-9-17(10-14-27)21(23)30)26-18-15-20(29)28(16-18)19-7-3-2-4-8-19;/h2-4,7-8,17-18H,5-6,9-16H2,1H3,(H2,23,30)(H2,24,25,26);1H. The third-order valence-electron chi connectivity index (χ3n) is 5.94. The molecule has 2 fully saturated rings. The van der Waals surface area contributed by atoms with Crippen LogP contribution in [0.5, 0.6) is 0 Å². The third-order valence-corrected chi connectivity index (χ3v) is 5.94. The van der Waals surface area contributed by atoms with Crippen LogP contribution in [0.3, 0.4) is 0 Å². The SMILES string of the molecule is CN=C(NCCCCN1CCC(C(N)=O)CC1)NC1CC(=O)N(c2ccccc2)C1.I. The van der Waals surface area contributed by atoms with Crippen LogP contribution in [0.15, 0.2) is 35.3 Å². The molecule has 0 spiro atoms. The quantitative estimate of drug-likeness (QED) is 0.200. The van der Waals surface area contributed by atoms with E-state index < -0.39 is 0 Å². The summed E-state index contributed by atoms with van der Waals surface area (Å²) < 4.78 is 0. The second-order valence-corrected chi connectivity index (χ2v) is 8.11. The van der Waals surface area contributed by atoms with Crippen LogP contribution in [0.2, 0.25) is 0 Å². The van der Waals surface area contributed by atoms with Crippen LogP contribution in [0.4, 0.5) is 5.69 Å². The Morgan fingerprint density at radius 1 is 1.19 bits per heavy atom. The summed E-state index contributed by atoms with van der Waals surface area (Å²) in [5, 5.41) is 6.73. The van der Waals surface area contributed by atoms with Gasteiger partial charge in [-0.25, -0.2) is 0 Å². The number of anilines is 1. The van der Waals surface area contributed by atoms with Crippen molar-refractivity contribution in [2.24, 2.45) is 16.6 Å². The number of carbonyl (C=O) groups is 2. The van der Waals surface area contributed by atoms with Crippen molar-refractivity contribution in [3.05, 3.63) is 30.3 Å². The second-order valence-electron chi connectivity index (χ2n) is 8.11. The fourth-order valence-electron chi connectivity index (χ4n) is 4.16. The van der Waals surface area contributed by atoms with Crippen molar-refractivity contribution in [3.8, 4) is 0 Å². The Bertz CT molecular complexity index is 737. The van der Waals surface area contributed by atoms with Gasteiger partial charge in [0.05, 0.1) is 6.04 Å².